The van der Waals surface area contributed by atoms with Gasteiger partial charge in [-0.05, 0) is 37.1 Å². The van der Waals surface area contributed by atoms with Crippen molar-refractivity contribution < 1.29 is 16.8 Å². The maximum Gasteiger partial charge on any atom is 0.229 e. The fourth-order valence-electron chi connectivity index (χ4n) is 2.21. The average Bonchev–Trinajstić information content (AvgIpc) is 2.60. The highest BCUT2D eigenvalue weighted by Gasteiger charge is 2.27. The monoisotopic (exact) mass is 318 g/mol. The van der Waals surface area contributed by atoms with Crippen LogP contribution >= 0.6 is 0 Å². The zero-order valence-electron chi connectivity index (χ0n) is 11.4. The maximum absolute atomic E-state index is 11.4. The van der Waals surface area contributed by atoms with Gasteiger partial charge in [0.2, 0.25) is 10.0 Å². The minimum atomic E-state index is -3.30. The van der Waals surface area contributed by atoms with Crippen LogP contribution in [0.2, 0.25) is 0 Å². The molecule has 1 aliphatic heterocycles. The molecule has 6 nitrogen and oxygen atoms in total. The van der Waals surface area contributed by atoms with Crippen molar-refractivity contribution >= 4 is 31.2 Å². The van der Waals surface area contributed by atoms with Gasteiger partial charge in [-0.1, -0.05) is 0 Å². The zero-order chi connectivity index (χ0) is 15.0. The third-order valence-corrected chi connectivity index (χ3v) is 5.48. The van der Waals surface area contributed by atoms with Crippen LogP contribution in [0.5, 0.6) is 0 Å². The summed E-state index contributed by atoms with van der Waals surface area (Å²) >= 11 is 0. The van der Waals surface area contributed by atoms with E-state index >= 15 is 0 Å². The van der Waals surface area contributed by atoms with E-state index in [4.69, 9.17) is 0 Å². The van der Waals surface area contributed by atoms with Crippen molar-refractivity contribution in [3.8, 4) is 0 Å². The highest BCUT2D eigenvalue weighted by atomic mass is 32.2. The Morgan fingerprint density at radius 1 is 1.30 bits per heavy atom. The van der Waals surface area contributed by atoms with Crippen molar-refractivity contribution in [1.82, 2.24) is 0 Å². The molecule has 1 unspecified atom stereocenters. The number of hydrogen-bond donors (Lipinski definition) is 2. The molecule has 1 saturated heterocycles. The van der Waals surface area contributed by atoms with Crippen LogP contribution in [0.15, 0.2) is 18.2 Å². The van der Waals surface area contributed by atoms with Crippen molar-refractivity contribution in [2.45, 2.75) is 19.4 Å². The molecule has 8 heteroatoms. The van der Waals surface area contributed by atoms with Gasteiger partial charge in [0.25, 0.3) is 0 Å². The second-order valence-electron chi connectivity index (χ2n) is 5.15. The highest BCUT2D eigenvalue weighted by Crippen LogP contribution is 2.23. The number of sulfone groups is 1. The normalized spacial score (nSPS) is 21.6. The second kappa shape index (κ2) is 5.25. The zero-order valence-corrected chi connectivity index (χ0v) is 13.0. The molecule has 0 spiro atoms. The van der Waals surface area contributed by atoms with Gasteiger partial charge in [-0.15, -0.1) is 0 Å². The van der Waals surface area contributed by atoms with Gasteiger partial charge in [0.1, 0.15) is 0 Å². The summed E-state index contributed by atoms with van der Waals surface area (Å²) in [5.74, 6) is 0.368. The van der Waals surface area contributed by atoms with Crippen LogP contribution in [0.4, 0.5) is 11.4 Å². The molecule has 0 bridgehead atoms. The SMILES string of the molecule is Cc1cc(NC2CCS(=O)(=O)C2)ccc1NS(C)(=O)=O. The quantitative estimate of drug-likeness (QED) is 0.863. The van der Waals surface area contributed by atoms with Gasteiger partial charge in [-0.3, -0.25) is 4.72 Å². The van der Waals surface area contributed by atoms with Crippen molar-refractivity contribution in [2.24, 2.45) is 0 Å². The van der Waals surface area contributed by atoms with E-state index in [9.17, 15) is 16.8 Å². The van der Waals surface area contributed by atoms with Crippen LogP contribution in [-0.4, -0.2) is 40.6 Å². The van der Waals surface area contributed by atoms with Crippen molar-refractivity contribution in [1.29, 1.82) is 0 Å². The molecule has 1 aliphatic rings. The Morgan fingerprint density at radius 3 is 2.50 bits per heavy atom. The Balaban J connectivity index is 2.10. The van der Waals surface area contributed by atoms with E-state index in [-0.39, 0.29) is 17.5 Å². The number of benzene rings is 1. The smallest absolute Gasteiger partial charge is 0.229 e. The van der Waals surface area contributed by atoms with Gasteiger partial charge >= 0.3 is 0 Å². The predicted molar refractivity (Wildman–Crippen MR) is 80.3 cm³/mol. The first-order valence-electron chi connectivity index (χ1n) is 6.20. The first-order valence-corrected chi connectivity index (χ1v) is 9.91. The van der Waals surface area contributed by atoms with E-state index in [1.54, 1.807) is 25.1 Å². The number of aryl methyl sites for hydroxylation is 1. The molecule has 0 saturated carbocycles. The van der Waals surface area contributed by atoms with E-state index < -0.39 is 19.9 Å². The summed E-state index contributed by atoms with van der Waals surface area (Å²) in [7, 11) is -6.21. The lowest BCUT2D eigenvalue weighted by molar-refractivity contribution is 0.601. The molecule has 2 N–H and O–H groups in total. The van der Waals surface area contributed by atoms with Gasteiger partial charge in [-0.25, -0.2) is 16.8 Å². The number of nitrogens with one attached hydrogen (secondary N) is 2. The Morgan fingerprint density at radius 2 is 2.00 bits per heavy atom. The maximum atomic E-state index is 11.4. The van der Waals surface area contributed by atoms with E-state index in [0.29, 0.717) is 12.1 Å². The first kappa shape index (κ1) is 15.1. The lowest BCUT2D eigenvalue weighted by Crippen LogP contribution is -2.20. The van der Waals surface area contributed by atoms with Gasteiger partial charge in [0, 0.05) is 11.7 Å². The Hall–Kier alpha value is -1.28. The summed E-state index contributed by atoms with van der Waals surface area (Å²) in [6.45, 7) is 1.80. The van der Waals surface area contributed by atoms with Crippen molar-refractivity contribution in [2.75, 3.05) is 27.8 Å². The highest BCUT2D eigenvalue weighted by molar-refractivity contribution is 7.92. The molecule has 1 atom stereocenters. The Bertz CT molecular complexity index is 711. The molecule has 0 amide bonds. The average molecular weight is 318 g/mol. The summed E-state index contributed by atoms with van der Waals surface area (Å²) in [6.07, 6.45) is 1.70. The number of sulfonamides is 1. The van der Waals surface area contributed by atoms with Gasteiger partial charge < -0.3 is 5.32 Å². The largest absolute Gasteiger partial charge is 0.381 e. The van der Waals surface area contributed by atoms with Crippen LogP contribution in [0, 0.1) is 6.92 Å². The summed E-state index contributed by atoms with van der Waals surface area (Å²) in [4.78, 5) is 0. The van der Waals surface area contributed by atoms with Crippen LogP contribution in [-0.2, 0) is 19.9 Å². The van der Waals surface area contributed by atoms with E-state index in [1.165, 1.54) is 0 Å². The van der Waals surface area contributed by atoms with Gasteiger partial charge in [-0.2, -0.15) is 0 Å². The van der Waals surface area contributed by atoms with E-state index in [1.807, 2.05) is 0 Å². The predicted octanol–water partition coefficient (Wildman–Crippen LogP) is 0.966. The molecule has 0 aromatic heterocycles. The lowest BCUT2D eigenvalue weighted by Gasteiger charge is -2.15. The Kier molecular flexibility index (Phi) is 3.97. The van der Waals surface area contributed by atoms with Crippen LogP contribution < -0.4 is 10.0 Å². The second-order valence-corrected chi connectivity index (χ2v) is 9.13. The molecular weight excluding hydrogens is 300 g/mol. The van der Waals surface area contributed by atoms with E-state index in [2.05, 4.69) is 10.0 Å². The number of anilines is 2. The van der Waals surface area contributed by atoms with E-state index in [0.717, 1.165) is 17.5 Å². The topological polar surface area (TPSA) is 92.3 Å². The first-order chi connectivity index (χ1) is 9.15. The standard InChI is InChI=1S/C12H18N2O4S2/c1-9-7-10(3-4-12(9)14-19(2,15)16)13-11-5-6-20(17,18)8-11/h3-4,7,11,13-14H,5-6,8H2,1-2H3. The molecular formula is C12H18N2O4S2. The molecule has 1 heterocycles. The van der Waals surface area contributed by atoms with Crippen molar-refractivity contribution in [3.63, 3.8) is 0 Å². The summed E-state index contributed by atoms with van der Waals surface area (Å²) in [5.41, 5.74) is 2.10. The molecule has 1 aromatic rings. The molecule has 2 rings (SSSR count). The molecule has 112 valence electrons. The molecule has 0 aliphatic carbocycles. The fraction of sp³-hybridized carbons (Fsp3) is 0.500. The molecule has 1 fully saturated rings. The summed E-state index contributed by atoms with van der Waals surface area (Å²) < 4.78 is 47.6. The van der Waals surface area contributed by atoms with Crippen molar-refractivity contribution in [3.05, 3.63) is 23.8 Å². The lowest BCUT2D eigenvalue weighted by atomic mass is 10.1. The van der Waals surface area contributed by atoms with Gasteiger partial charge in [0.15, 0.2) is 9.84 Å². The van der Waals surface area contributed by atoms with Crippen LogP contribution in [0.1, 0.15) is 12.0 Å². The summed E-state index contributed by atoms with van der Waals surface area (Å²) in [5, 5.41) is 3.17. The third kappa shape index (κ3) is 4.11. The van der Waals surface area contributed by atoms with Crippen LogP contribution in [0.25, 0.3) is 0 Å². The third-order valence-electron chi connectivity index (χ3n) is 3.12. The minimum Gasteiger partial charge on any atom is -0.381 e. The summed E-state index contributed by atoms with van der Waals surface area (Å²) in [6, 6.07) is 5.14. The van der Waals surface area contributed by atoms with Crippen LogP contribution in [0.3, 0.4) is 0 Å². The molecule has 20 heavy (non-hydrogen) atoms. The fourth-order valence-corrected chi connectivity index (χ4v) is 4.51. The number of rotatable bonds is 4. The Labute approximate surface area is 119 Å². The minimum absolute atomic E-state index is 0.0758. The van der Waals surface area contributed by atoms with Gasteiger partial charge in [0.05, 0.1) is 23.4 Å². The molecule has 0 radical (unpaired) electrons. The number of hydrogen-bond acceptors (Lipinski definition) is 5. The molecule has 1 aromatic carbocycles.